The molecule has 2 aromatic rings. The number of hydrogen-bond donors (Lipinski definition) is 1. The number of benzene rings is 2. The average molecular weight is 531 g/mol. The van der Waals surface area contributed by atoms with Gasteiger partial charge in [0.1, 0.15) is 30.8 Å². The van der Waals surface area contributed by atoms with Crippen LogP contribution in [0.15, 0.2) is 55.1 Å². The first kappa shape index (κ1) is 28.3. The SMILES string of the molecule is C=CCOC(=O)N1CCC(Oc2ccc(C(Oc3ccc4c(c3)C[NH2+]CC4)C(=O)OCC)cc2)CC1.[Cl-]. The maximum absolute atomic E-state index is 12.8. The van der Waals surface area contributed by atoms with Gasteiger partial charge < -0.3 is 41.6 Å². The minimum absolute atomic E-state index is 0. The van der Waals surface area contributed by atoms with Crippen molar-refractivity contribution in [2.75, 3.05) is 32.8 Å². The molecule has 2 aromatic carbocycles. The molecule has 9 heteroatoms. The molecule has 1 fully saturated rings. The van der Waals surface area contributed by atoms with Gasteiger partial charge in [-0.1, -0.05) is 30.9 Å². The van der Waals surface area contributed by atoms with E-state index in [4.69, 9.17) is 18.9 Å². The van der Waals surface area contributed by atoms with E-state index in [2.05, 4.69) is 18.0 Å². The number of likely N-dealkylation sites (tertiary alicyclic amines) is 1. The van der Waals surface area contributed by atoms with Crippen molar-refractivity contribution >= 4 is 12.1 Å². The number of piperidine rings is 1. The second-order valence-corrected chi connectivity index (χ2v) is 8.95. The summed E-state index contributed by atoms with van der Waals surface area (Å²) in [5, 5.41) is 2.27. The molecule has 1 atom stereocenters. The van der Waals surface area contributed by atoms with Crippen LogP contribution in [0.4, 0.5) is 4.79 Å². The van der Waals surface area contributed by atoms with Crippen LogP contribution in [-0.4, -0.2) is 55.9 Å². The number of fused-ring (bicyclic) bond motifs is 1. The summed E-state index contributed by atoms with van der Waals surface area (Å²) in [7, 11) is 0. The molecule has 0 spiro atoms. The fraction of sp³-hybridized carbons (Fsp3) is 0.429. The molecule has 1 amide bonds. The Balaban J connectivity index is 0.00000380. The molecule has 0 aromatic heterocycles. The van der Waals surface area contributed by atoms with Gasteiger partial charge in [-0.2, -0.15) is 0 Å². The molecule has 2 heterocycles. The number of esters is 1. The Morgan fingerprint density at radius 3 is 2.51 bits per heavy atom. The number of ether oxygens (including phenoxy) is 4. The summed E-state index contributed by atoms with van der Waals surface area (Å²) in [4.78, 5) is 26.4. The second kappa shape index (κ2) is 13.9. The first-order valence-corrected chi connectivity index (χ1v) is 12.6. The van der Waals surface area contributed by atoms with Gasteiger partial charge in [-0.3, -0.25) is 0 Å². The van der Waals surface area contributed by atoms with Crippen LogP contribution in [0, 0.1) is 0 Å². The highest BCUT2D eigenvalue weighted by Gasteiger charge is 2.27. The summed E-state index contributed by atoms with van der Waals surface area (Å²) in [6.07, 6.45) is 2.85. The van der Waals surface area contributed by atoms with Crippen molar-refractivity contribution in [1.82, 2.24) is 4.90 Å². The lowest BCUT2D eigenvalue weighted by Gasteiger charge is -2.31. The normalized spacial score (nSPS) is 16.0. The van der Waals surface area contributed by atoms with Crippen molar-refractivity contribution < 1.29 is 46.3 Å². The van der Waals surface area contributed by atoms with E-state index in [0.717, 1.165) is 32.4 Å². The fourth-order valence-electron chi connectivity index (χ4n) is 4.52. The molecule has 0 saturated carbocycles. The zero-order valence-corrected chi connectivity index (χ0v) is 22.0. The molecule has 1 unspecified atom stereocenters. The lowest BCUT2D eigenvalue weighted by Crippen LogP contribution is -3.00. The summed E-state index contributed by atoms with van der Waals surface area (Å²) in [6.45, 7) is 8.99. The van der Waals surface area contributed by atoms with Crippen molar-refractivity contribution in [3.8, 4) is 11.5 Å². The number of carbonyl (C=O) groups excluding carboxylic acids is 2. The van der Waals surface area contributed by atoms with E-state index < -0.39 is 12.1 Å². The van der Waals surface area contributed by atoms with Gasteiger partial charge in [-0.15, -0.1) is 0 Å². The van der Waals surface area contributed by atoms with Crippen LogP contribution in [-0.2, 0) is 27.2 Å². The van der Waals surface area contributed by atoms with E-state index >= 15 is 0 Å². The van der Waals surface area contributed by atoms with Crippen LogP contribution in [0.3, 0.4) is 0 Å². The highest BCUT2D eigenvalue weighted by molar-refractivity contribution is 5.77. The summed E-state index contributed by atoms with van der Waals surface area (Å²) >= 11 is 0. The predicted molar refractivity (Wildman–Crippen MR) is 134 cm³/mol. The number of carbonyl (C=O) groups is 2. The molecule has 2 N–H and O–H groups in total. The number of hydrogen-bond acceptors (Lipinski definition) is 6. The molecule has 0 aliphatic carbocycles. The molecule has 37 heavy (non-hydrogen) atoms. The maximum Gasteiger partial charge on any atom is 0.410 e. The van der Waals surface area contributed by atoms with Gasteiger partial charge in [0.15, 0.2) is 0 Å². The Kier molecular flexibility index (Phi) is 10.7. The summed E-state index contributed by atoms with van der Waals surface area (Å²) in [5.74, 6) is 0.935. The van der Waals surface area contributed by atoms with Gasteiger partial charge in [-0.05, 0) is 36.8 Å². The lowest BCUT2D eigenvalue weighted by atomic mass is 10.0. The highest BCUT2D eigenvalue weighted by Crippen LogP contribution is 2.28. The van der Waals surface area contributed by atoms with Crippen LogP contribution in [0.5, 0.6) is 11.5 Å². The Bertz CT molecular complexity index is 1050. The molecular weight excluding hydrogens is 496 g/mol. The molecule has 2 aliphatic rings. The smallest absolute Gasteiger partial charge is 0.410 e. The van der Waals surface area contributed by atoms with E-state index in [0.29, 0.717) is 30.2 Å². The van der Waals surface area contributed by atoms with Crippen molar-refractivity contribution in [1.29, 1.82) is 0 Å². The van der Waals surface area contributed by atoms with E-state index in [-0.39, 0.29) is 37.8 Å². The maximum atomic E-state index is 12.8. The van der Waals surface area contributed by atoms with Crippen LogP contribution in [0.25, 0.3) is 0 Å². The van der Waals surface area contributed by atoms with Crippen LogP contribution in [0.2, 0.25) is 0 Å². The third-order valence-corrected chi connectivity index (χ3v) is 6.42. The number of amides is 1. The molecular formula is C28H35ClN2O6. The molecule has 4 rings (SSSR count). The van der Waals surface area contributed by atoms with Crippen molar-refractivity contribution in [2.24, 2.45) is 0 Å². The van der Waals surface area contributed by atoms with E-state index in [1.54, 1.807) is 17.9 Å². The zero-order valence-electron chi connectivity index (χ0n) is 21.2. The Morgan fingerprint density at radius 1 is 1.08 bits per heavy atom. The lowest BCUT2D eigenvalue weighted by molar-refractivity contribution is -0.673. The first-order valence-electron chi connectivity index (χ1n) is 12.6. The number of halogens is 1. The van der Waals surface area contributed by atoms with Crippen molar-refractivity contribution in [3.05, 3.63) is 71.8 Å². The number of nitrogens with two attached hydrogens (primary N) is 1. The highest BCUT2D eigenvalue weighted by atomic mass is 35.5. The minimum atomic E-state index is -0.866. The van der Waals surface area contributed by atoms with Gasteiger partial charge >= 0.3 is 12.1 Å². The van der Waals surface area contributed by atoms with Crippen molar-refractivity contribution in [3.63, 3.8) is 0 Å². The van der Waals surface area contributed by atoms with Gasteiger partial charge in [-0.25, -0.2) is 9.59 Å². The molecule has 2 aliphatic heterocycles. The van der Waals surface area contributed by atoms with E-state index in [1.165, 1.54) is 11.1 Å². The third kappa shape index (κ3) is 7.63. The average Bonchev–Trinajstić information content (AvgIpc) is 2.91. The fourth-order valence-corrected chi connectivity index (χ4v) is 4.52. The number of rotatable bonds is 9. The Morgan fingerprint density at radius 2 is 1.81 bits per heavy atom. The quantitative estimate of drug-likeness (QED) is 0.367. The summed E-state index contributed by atoms with van der Waals surface area (Å²) in [5.41, 5.74) is 3.27. The summed E-state index contributed by atoms with van der Waals surface area (Å²) in [6, 6.07) is 13.4. The van der Waals surface area contributed by atoms with Crippen LogP contribution in [0.1, 0.15) is 42.6 Å². The number of nitrogens with zero attached hydrogens (tertiary/aromatic N) is 1. The van der Waals surface area contributed by atoms with Gasteiger partial charge in [0.05, 0.1) is 13.2 Å². The summed E-state index contributed by atoms with van der Waals surface area (Å²) < 4.78 is 22.7. The molecule has 200 valence electrons. The largest absolute Gasteiger partial charge is 1.00 e. The van der Waals surface area contributed by atoms with Crippen molar-refractivity contribution in [2.45, 2.75) is 44.9 Å². The number of quaternary nitrogens is 1. The monoisotopic (exact) mass is 530 g/mol. The first-order chi connectivity index (χ1) is 17.6. The molecule has 0 bridgehead atoms. The topological polar surface area (TPSA) is 90.9 Å². The van der Waals surface area contributed by atoms with Gasteiger partial charge in [0.2, 0.25) is 6.10 Å². The Hall–Kier alpha value is -3.23. The molecule has 8 nitrogen and oxygen atoms in total. The Labute approximate surface area is 224 Å². The predicted octanol–water partition coefficient (Wildman–Crippen LogP) is 0.159. The zero-order chi connectivity index (χ0) is 25.3. The molecule has 0 radical (unpaired) electrons. The standard InChI is InChI=1S/C28H34N2O6.ClH/c1-3-17-34-28(32)30-15-12-24(13-16-30)35-23-8-6-21(7-9-23)26(27(31)33-4-2)36-25-10-5-20-11-14-29-19-22(20)18-25;/h3,5-10,18,24,26,29H,1,4,11-17,19H2,2H3;1H. The van der Waals surface area contributed by atoms with Crippen LogP contribution >= 0.6 is 0 Å². The molecule has 1 saturated heterocycles. The van der Waals surface area contributed by atoms with Gasteiger partial charge in [0.25, 0.3) is 0 Å². The third-order valence-electron chi connectivity index (χ3n) is 6.42. The van der Waals surface area contributed by atoms with Crippen LogP contribution < -0.4 is 27.2 Å². The van der Waals surface area contributed by atoms with Gasteiger partial charge in [0, 0.05) is 43.5 Å². The van der Waals surface area contributed by atoms with E-state index in [1.807, 2.05) is 36.4 Å². The minimum Gasteiger partial charge on any atom is -1.00 e. The van der Waals surface area contributed by atoms with E-state index in [9.17, 15) is 9.59 Å². The second-order valence-electron chi connectivity index (χ2n) is 8.95.